The van der Waals surface area contributed by atoms with Crippen LogP contribution < -0.4 is 0 Å². The summed E-state index contributed by atoms with van der Waals surface area (Å²) in [4.78, 5) is 0. The Kier molecular flexibility index (Phi) is 9.55. The fourth-order valence-electron chi connectivity index (χ4n) is 4.20. The van der Waals surface area contributed by atoms with Gasteiger partial charge >= 0.3 is 7.60 Å². The van der Waals surface area contributed by atoms with E-state index < -0.39 is 21.5 Å². The topological polar surface area (TPSA) is 90.3 Å². The SMILES string of the molecule is B[C@@H]1O[C@@]2(/C=C/P(=O)(OC)OC)CO[C@@H]1[C@H](P(OCCC#N)N(C(C)C)C(C)C)C2. The van der Waals surface area contributed by atoms with Crippen molar-refractivity contribution in [1.82, 2.24) is 4.67 Å². The first-order valence-corrected chi connectivity index (χ1v) is 13.3. The molecule has 0 aromatic heterocycles. The minimum Gasteiger partial charge on any atom is -0.372 e. The molecule has 3 heterocycles. The molecule has 3 saturated heterocycles. The molecule has 0 aromatic rings. The van der Waals surface area contributed by atoms with Crippen molar-refractivity contribution in [3.05, 3.63) is 11.9 Å². The largest absolute Gasteiger partial charge is 0.372 e. The van der Waals surface area contributed by atoms with Crippen LogP contribution in [0, 0.1) is 11.3 Å². The van der Waals surface area contributed by atoms with Gasteiger partial charge in [-0.1, -0.05) is 0 Å². The van der Waals surface area contributed by atoms with Crippen LogP contribution in [-0.2, 0) is 27.6 Å². The molecule has 3 rings (SSSR count). The first-order valence-electron chi connectivity index (χ1n) is 10.4. The van der Waals surface area contributed by atoms with E-state index in [2.05, 4.69) is 38.4 Å². The fraction of sp³-hybridized carbons (Fsp3) is 0.842. The Labute approximate surface area is 183 Å². The quantitative estimate of drug-likeness (QED) is 0.264. The number of hydrogen-bond acceptors (Lipinski definition) is 8. The van der Waals surface area contributed by atoms with Crippen molar-refractivity contribution in [2.24, 2.45) is 0 Å². The summed E-state index contributed by atoms with van der Waals surface area (Å²) in [5, 5.41) is 8.99. The summed E-state index contributed by atoms with van der Waals surface area (Å²) in [6.45, 7) is 9.42. The number of hydrogen-bond donors (Lipinski definition) is 0. The van der Waals surface area contributed by atoms with Gasteiger partial charge in [-0.2, -0.15) is 5.26 Å². The van der Waals surface area contributed by atoms with Crippen molar-refractivity contribution in [3.8, 4) is 6.07 Å². The summed E-state index contributed by atoms with van der Waals surface area (Å²) in [6, 6.07) is 2.59. The van der Waals surface area contributed by atoms with Gasteiger partial charge in [0, 0.05) is 37.8 Å². The highest BCUT2D eigenvalue weighted by molar-refractivity contribution is 7.57. The van der Waals surface area contributed by atoms with Crippen molar-refractivity contribution in [2.45, 2.75) is 76.0 Å². The monoisotopic (exact) mass is 460 g/mol. The first kappa shape index (κ1) is 26.0. The van der Waals surface area contributed by atoms with Crippen molar-refractivity contribution < 1.29 is 27.6 Å². The number of ether oxygens (including phenoxy) is 2. The van der Waals surface area contributed by atoms with Crippen LogP contribution in [-0.4, -0.2) is 75.4 Å². The van der Waals surface area contributed by atoms with Gasteiger partial charge < -0.3 is 23.0 Å². The van der Waals surface area contributed by atoms with Crippen molar-refractivity contribution in [1.29, 1.82) is 5.26 Å². The Balaban J connectivity index is 2.36. The molecule has 3 aliphatic heterocycles. The summed E-state index contributed by atoms with van der Waals surface area (Å²) >= 11 is 0. The summed E-state index contributed by atoms with van der Waals surface area (Å²) in [5.41, 5.74) is -0.625. The maximum Gasteiger partial charge on any atom is 0.353 e. The normalized spacial score (nSPS) is 30.5. The van der Waals surface area contributed by atoms with Gasteiger partial charge in [-0.3, -0.25) is 9.24 Å². The lowest BCUT2D eigenvalue weighted by atomic mass is 9.80. The van der Waals surface area contributed by atoms with E-state index >= 15 is 0 Å². The number of nitrogens with zero attached hydrogens (tertiary/aromatic N) is 2. The number of rotatable bonds is 11. The lowest BCUT2D eigenvalue weighted by molar-refractivity contribution is -0.224. The maximum atomic E-state index is 12.5. The second kappa shape index (κ2) is 11.0. The smallest absolute Gasteiger partial charge is 0.353 e. The molecule has 0 amide bonds. The predicted molar refractivity (Wildman–Crippen MR) is 120 cm³/mol. The molecular weight excluding hydrogens is 425 g/mol. The van der Waals surface area contributed by atoms with Gasteiger partial charge in [0.15, 0.2) is 0 Å². The van der Waals surface area contributed by atoms with Crippen LogP contribution in [0.15, 0.2) is 11.9 Å². The van der Waals surface area contributed by atoms with Crippen LogP contribution >= 0.6 is 15.9 Å². The summed E-state index contributed by atoms with van der Waals surface area (Å²) in [6.07, 6.45) is 2.71. The molecule has 170 valence electrons. The van der Waals surface area contributed by atoms with Crippen LogP contribution in [0.3, 0.4) is 0 Å². The van der Waals surface area contributed by atoms with Gasteiger partial charge in [0.2, 0.25) is 0 Å². The summed E-state index contributed by atoms with van der Waals surface area (Å²) < 4.78 is 43.9. The Morgan fingerprint density at radius 3 is 2.47 bits per heavy atom. The summed E-state index contributed by atoms with van der Waals surface area (Å²) in [5.74, 6) is 1.47. The predicted octanol–water partition coefficient (Wildman–Crippen LogP) is 3.23. The number of nitriles is 1. The number of fused-ring (bicyclic) bond motifs is 3. The fourth-order valence-corrected chi connectivity index (χ4v) is 7.95. The van der Waals surface area contributed by atoms with Gasteiger partial charge in [-0.15, -0.1) is 0 Å². The van der Waals surface area contributed by atoms with E-state index in [1.54, 1.807) is 6.08 Å². The lowest BCUT2D eigenvalue weighted by Gasteiger charge is -2.55. The Morgan fingerprint density at radius 1 is 1.33 bits per heavy atom. The Hall–Kier alpha value is -0.285. The maximum absolute atomic E-state index is 12.5. The summed E-state index contributed by atoms with van der Waals surface area (Å²) in [7, 11) is 0.371. The molecule has 0 aromatic carbocycles. The lowest BCUT2D eigenvalue weighted by Crippen LogP contribution is -2.63. The average Bonchev–Trinajstić information content (AvgIpc) is 2.71. The zero-order chi connectivity index (χ0) is 22.5. The van der Waals surface area contributed by atoms with Gasteiger partial charge in [0.25, 0.3) is 0 Å². The van der Waals surface area contributed by atoms with E-state index in [1.165, 1.54) is 20.0 Å². The second-order valence-electron chi connectivity index (χ2n) is 8.27. The highest BCUT2D eigenvalue weighted by Gasteiger charge is 2.54. The minimum absolute atomic E-state index is 0.0925. The van der Waals surface area contributed by atoms with Gasteiger partial charge in [0.05, 0.1) is 37.8 Å². The molecule has 0 radical (unpaired) electrons. The molecule has 11 heteroatoms. The van der Waals surface area contributed by atoms with E-state index in [1.807, 2.05) is 7.85 Å². The van der Waals surface area contributed by atoms with Crippen LogP contribution in [0.2, 0.25) is 0 Å². The molecule has 1 unspecified atom stereocenters. The molecule has 0 N–H and O–H groups in total. The molecule has 2 bridgehead atoms. The minimum atomic E-state index is -3.31. The third-order valence-corrected chi connectivity index (χ3v) is 9.82. The van der Waals surface area contributed by atoms with E-state index in [0.29, 0.717) is 26.1 Å². The zero-order valence-electron chi connectivity index (χ0n) is 19.1. The second-order valence-corrected chi connectivity index (χ2v) is 12.4. The van der Waals surface area contributed by atoms with Crippen LogP contribution in [0.1, 0.15) is 40.5 Å². The van der Waals surface area contributed by atoms with E-state index in [9.17, 15) is 4.57 Å². The van der Waals surface area contributed by atoms with Crippen molar-refractivity contribution in [3.63, 3.8) is 0 Å². The van der Waals surface area contributed by atoms with Gasteiger partial charge in [-0.25, -0.2) is 0 Å². The van der Waals surface area contributed by atoms with Crippen molar-refractivity contribution >= 4 is 23.7 Å². The molecule has 8 nitrogen and oxygen atoms in total. The van der Waals surface area contributed by atoms with E-state index in [0.717, 1.165) is 0 Å². The van der Waals surface area contributed by atoms with E-state index in [-0.39, 0.29) is 29.8 Å². The third-order valence-electron chi connectivity index (χ3n) is 5.41. The van der Waals surface area contributed by atoms with Crippen LogP contribution in [0.4, 0.5) is 0 Å². The molecule has 0 saturated carbocycles. The highest BCUT2D eigenvalue weighted by atomic mass is 31.2. The molecule has 3 aliphatic rings. The highest BCUT2D eigenvalue weighted by Crippen LogP contribution is 2.58. The van der Waals surface area contributed by atoms with Crippen LogP contribution in [0.5, 0.6) is 0 Å². The molecule has 30 heavy (non-hydrogen) atoms. The zero-order valence-corrected chi connectivity index (χ0v) is 20.9. The van der Waals surface area contributed by atoms with Crippen LogP contribution in [0.25, 0.3) is 0 Å². The Bertz CT molecular complexity index is 672. The third kappa shape index (κ3) is 5.94. The Morgan fingerprint density at radius 2 is 1.97 bits per heavy atom. The van der Waals surface area contributed by atoms with Gasteiger partial charge in [-0.05, 0) is 40.2 Å². The molecule has 3 fully saturated rings. The molecular formula is C19H35BN2O6P2. The molecule has 0 aliphatic carbocycles. The molecule has 0 spiro atoms. The van der Waals surface area contributed by atoms with Gasteiger partial charge in [0.1, 0.15) is 21.7 Å². The molecule has 5 atom stereocenters. The van der Waals surface area contributed by atoms with E-state index in [4.69, 9.17) is 28.3 Å². The first-order chi connectivity index (χ1) is 14.1. The van der Waals surface area contributed by atoms with Crippen molar-refractivity contribution in [2.75, 3.05) is 27.4 Å². The average molecular weight is 460 g/mol. The standard InChI is InChI=1S/C19H35BN2O6P2/c1-14(2)22(15(3)4)29(27-10-7-9-21)16-12-19(8-11-30(23,24-5)25-6)13-26-17(16)18(20)28-19/h8,11,14-18H,7,10,12-13,20H2,1-6H3/b11-8+/t16-,17-,18-,19-,29?/m1/s1.